The standard InChI is InChI=1S/C24H24N2O5/c1-16-12-20(17(2)26(16)18-8-4-3-5-9-18)24(28)30-15-23(27)25-13-19-14-29-21-10-6-7-11-22(21)31-19/h3-12,19H,13-15H2,1-2H3,(H,25,27). The second-order valence-electron chi connectivity index (χ2n) is 7.33. The van der Waals surface area contributed by atoms with E-state index in [0.29, 0.717) is 23.7 Å². The summed E-state index contributed by atoms with van der Waals surface area (Å²) in [4.78, 5) is 24.7. The summed E-state index contributed by atoms with van der Waals surface area (Å²) in [7, 11) is 0. The summed E-state index contributed by atoms with van der Waals surface area (Å²) >= 11 is 0. The predicted molar refractivity (Wildman–Crippen MR) is 115 cm³/mol. The molecule has 4 rings (SSSR count). The topological polar surface area (TPSA) is 78.8 Å². The molecule has 160 valence electrons. The van der Waals surface area contributed by atoms with Gasteiger partial charge in [0.2, 0.25) is 0 Å². The second-order valence-corrected chi connectivity index (χ2v) is 7.33. The van der Waals surface area contributed by atoms with E-state index < -0.39 is 11.9 Å². The molecule has 1 unspecified atom stereocenters. The first-order chi connectivity index (χ1) is 15.0. The number of hydrogen-bond donors (Lipinski definition) is 1. The quantitative estimate of drug-likeness (QED) is 0.620. The van der Waals surface area contributed by atoms with Gasteiger partial charge in [-0.2, -0.15) is 0 Å². The van der Waals surface area contributed by atoms with Crippen molar-refractivity contribution in [1.29, 1.82) is 0 Å². The number of nitrogens with one attached hydrogen (secondary N) is 1. The van der Waals surface area contributed by atoms with Crippen molar-refractivity contribution in [3.05, 3.63) is 77.6 Å². The van der Waals surface area contributed by atoms with E-state index >= 15 is 0 Å². The molecule has 2 aromatic carbocycles. The minimum atomic E-state index is -0.531. The van der Waals surface area contributed by atoms with Crippen LogP contribution >= 0.6 is 0 Å². The lowest BCUT2D eigenvalue weighted by Gasteiger charge is -2.26. The molecule has 7 heteroatoms. The van der Waals surface area contributed by atoms with Crippen molar-refractivity contribution in [3.63, 3.8) is 0 Å². The van der Waals surface area contributed by atoms with Crippen LogP contribution in [0.2, 0.25) is 0 Å². The fraction of sp³-hybridized carbons (Fsp3) is 0.250. The second kappa shape index (κ2) is 8.95. The van der Waals surface area contributed by atoms with Gasteiger partial charge in [0.25, 0.3) is 5.91 Å². The summed E-state index contributed by atoms with van der Waals surface area (Å²) in [5.74, 6) is 0.407. The van der Waals surface area contributed by atoms with Gasteiger partial charge in [-0.15, -0.1) is 0 Å². The average Bonchev–Trinajstić information content (AvgIpc) is 3.10. The molecule has 0 radical (unpaired) electrons. The summed E-state index contributed by atoms with van der Waals surface area (Å²) < 4.78 is 18.6. The van der Waals surface area contributed by atoms with Crippen LogP contribution in [0.4, 0.5) is 0 Å². The zero-order valence-electron chi connectivity index (χ0n) is 17.5. The number of aryl methyl sites for hydroxylation is 1. The summed E-state index contributed by atoms with van der Waals surface area (Å²) in [5, 5.41) is 2.72. The summed E-state index contributed by atoms with van der Waals surface area (Å²) in [6.07, 6.45) is -0.306. The first-order valence-corrected chi connectivity index (χ1v) is 10.1. The van der Waals surface area contributed by atoms with Gasteiger partial charge >= 0.3 is 5.97 Å². The lowest BCUT2D eigenvalue weighted by Crippen LogP contribution is -2.42. The number of nitrogens with zero attached hydrogens (tertiary/aromatic N) is 1. The van der Waals surface area contributed by atoms with Gasteiger partial charge in [0.05, 0.1) is 12.1 Å². The molecule has 1 atom stereocenters. The van der Waals surface area contributed by atoms with Crippen molar-refractivity contribution in [2.45, 2.75) is 20.0 Å². The van der Waals surface area contributed by atoms with E-state index in [9.17, 15) is 9.59 Å². The first kappa shape index (κ1) is 20.5. The number of esters is 1. The van der Waals surface area contributed by atoms with E-state index in [1.54, 1.807) is 6.07 Å². The van der Waals surface area contributed by atoms with Crippen LogP contribution in [0.5, 0.6) is 11.5 Å². The molecule has 0 aliphatic carbocycles. The highest BCUT2D eigenvalue weighted by Crippen LogP contribution is 2.30. The molecule has 3 aromatic rings. The molecule has 2 heterocycles. The molecule has 1 aliphatic heterocycles. The Bertz CT molecular complexity index is 1090. The van der Waals surface area contributed by atoms with E-state index in [4.69, 9.17) is 14.2 Å². The number of carbonyl (C=O) groups is 2. The van der Waals surface area contributed by atoms with Crippen molar-refractivity contribution in [3.8, 4) is 17.2 Å². The monoisotopic (exact) mass is 420 g/mol. The summed E-state index contributed by atoms with van der Waals surface area (Å²) in [6.45, 7) is 4.01. The van der Waals surface area contributed by atoms with Crippen LogP contribution in [0.25, 0.3) is 5.69 Å². The number of amides is 1. The molecule has 0 saturated heterocycles. The molecule has 1 N–H and O–H groups in total. The van der Waals surface area contributed by atoms with Crippen LogP contribution in [-0.2, 0) is 9.53 Å². The zero-order chi connectivity index (χ0) is 21.8. The zero-order valence-corrected chi connectivity index (χ0v) is 17.5. The maximum Gasteiger partial charge on any atom is 0.340 e. The van der Waals surface area contributed by atoms with E-state index in [2.05, 4.69) is 5.32 Å². The van der Waals surface area contributed by atoms with Gasteiger partial charge in [0, 0.05) is 17.1 Å². The molecule has 0 saturated carbocycles. The van der Waals surface area contributed by atoms with Crippen molar-refractivity contribution >= 4 is 11.9 Å². The SMILES string of the molecule is Cc1cc(C(=O)OCC(=O)NCC2COc3ccccc3O2)c(C)n1-c1ccccc1. The normalized spacial score (nSPS) is 14.7. The Morgan fingerprint density at radius 3 is 2.55 bits per heavy atom. The van der Waals surface area contributed by atoms with Crippen molar-refractivity contribution in [2.75, 3.05) is 19.8 Å². The van der Waals surface area contributed by atoms with Crippen molar-refractivity contribution < 1.29 is 23.8 Å². The van der Waals surface area contributed by atoms with Crippen LogP contribution in [0, 0.1) is 13.8 Å². The van der Waals surface area contributed by atoms with Crippen LogP contribution in [0.1, 0.15) is 21.7 Å². The molecule has 7 nitrogen and oxygen atoms in total. The largest absolute Gasteiger partial charge is 0.486 e. The van der Waals surface area contributed by atoms with Crippen LogP contribution in [0.15, 0.2) is 60.7 Å². The highest BCUT2D eigenvalue weighted by molar-refractivity contribution is 5.93. The van der Waals surface area contributed by atoms with Gasteiger partial charge in [-0.05, 0) is 44.2 Å². The average molecular weight is 420 g/mol. The Labute approximate surface area is 180 Å². The lowest BCUT2D eigenvalue weighted by atomic mass is 10.2. The van der Waals surface area contributed by atoms with E-state index in [1.165, 1.54) is 0 Å². The number of rotatable bonds is 6. The highest BCUT2D eigenvalue weighted by Gasteiger charge is 2.22. The first-order valence-electron chi connectivity index (χ1n) is 10.1. The third-order valence-corrected chi connectivity index (χ3v) is 5.09. The van der Waals surface area contributed by atoms with Crippen molar-refractivity contribution in [2.24, 2.45) is 0 Å². The number of para-hydroxylation sites is 3. The van der Waals surface area contributed by atoms with Crippen LogP contribution in [0.3, 0.4) is 0 Å². The number of benzene rings is 2. The smallest absolute Gasteiger partial charge is 0.340 e. The Hall–Kier alpha value is -3.74. The molecule has 31 heavy (non-hydrogen) atoms. The molecular formula is C24H24N2O5. The molecule has 1 amide bonds. The highest BCUT2D eigenvalue weighted by atomic mass is 16.6. The molecule has 1 aromatic heterocycles. The van der Waals surface area contributed by atoms with Gasteiger partial charge in [-0.3, -0.25) is 4.79 Å². The lowest BCUT2D eigenvalue weighted by molar-refractivity contribution is -0.124. The molecule has 0 bridgehead atoms. The van der Waals surface area contributed by atoms with Crippen LogP contribution < -0.4 is 14.8 Å². The predicted octanol–water partition coefficient (Wildman–Crippen LogP) is 3.21. The third-order valence-electron chi connectivity index (χ3n) is 5.09. The van der Waals surface area contributed by atoms with Crippen molar-refractivity contribution in [1.82, 2.24) is 9.88 Å². The maximum atomic E-state index is 12.5. The number of fused-ring (bicyclic) bond motifs is 1. The number of aromatic nitrogens is 1. The van der Waals surface area contributed by atoms with Crippen LogP contribution in [-0.4, -0.2) is 42.3 Å². The molecule has 0 spiro atoms. The Kier molecular flexibility index (Phi) is 5.93. The number of carbonyl (C=O) groups excluding carboxylic acids is 2. The fourth-order valence-corrected chi connectivity index (χ4v) is 3.60. The van der Waals surface area contributed by atoms with Gasteiger partial charge in [0.15, 0.2) is 18.1 Å². The third kappa shape index (κ3) is 4.55. The minimum Gasteiger partial charge on any atom is -0.486 e. The molecular weight excluding hydrogens is 396 g/mol. The van der Waals surface area contributed by atoms with Gasteiger partial charge in [-0.1, -0.05) is 30.3 Å². The van der Waals surface area contributed by atoms with Gasteiger partial charge in [0.1, 0.15) is 12.7 Å². The maximum absolute atomic E-state index is 12.5. The number of ether oxygens (including phenoxy) is 3. The Morgan fingerprint density at radius 1 is 1.06 bits per heavy atom. The molecule has 1 aliphatic rings. The van der Waals surface area contributed by atoms with Gasteiger partial charge in [-0.25, -0.2) is 4.79 Å². The minimum absolute atomic E-state index is 0.257. The Balaban J connectivity index is 1.30. The summed E-state index contributed by atoms with van der Waals surface area (Å²) in [6, 6.07) is 18.9. The van der Waals surface area contributed by atoms with E-state index in [1.807, 2.05) is 73.0 Å². The van der Waals surface area contributed by atoms with E-state index in [-0.39, 0.29) is 19.3 Å². The summed E-state index contributed by atoms with van der Waals surface area (Å²) in [5.41, 5.74) is 3.08. The Morgan fingerprint density at radius 2 is 1.77 bits per heavy atom. The number of hydrogen-bond acceptors (Lipinski definition) is 5. The molecule has 0 fully saturated rings. The fourth-order valence-electron chi connectivity index (χ4n) is 3.60. The van der Waals surface area contributed by atoms with E-state index in [0.717, 1.165) is 17.1 Å². The van der Waals surface area contributed by atoms with Gasteiger partial charge < -0.3 is 24.1 Å².